The van der Waals surface area contributed by atoms with Gasteiger partial charge in [-0.1, -0.05) is 41.9 Å². The summed E-state index contributed by atoms with van der Waals surface area (Å²) in [7, 11) is 0. The Bertz CT molecular complexity index is 854. The maximum absolute atomic E-state index is 12.3. The third-order valence-corrected chi connectivity index (χ3v) is 4.09. The van der Waals surface area contributed by atoms with E-state index in [-0.39, 0.29) is 11.9 Å². The fraction of sp³-hybridized carbons (Fsp3) is 0.0588. The molecule has 1 atom stereocenters. The summed E-state index contributed by atoms with van der Waals surface area (Å²) in [6, 6.07) is 15.3. The van der Waals surface area contributed by atoms with Gasteiger partial charge in [-0.3, -0.25) is 4.79 Å². The van der Waals surface area contributed by atoms with E-state index in [1.54, 1.807) is 6.20 Å². The number of amides is 1. The number of halogens is 1. The number of aromatic nitrogens is 2. The van der Waals surface area contributed by atoms with Crippen molar-refractivity contribution in [1.29, 1.82) is 0 Å². The lowest BCUT2D eigenvalue weighted by molar-refractivity contribution is 0.101. The Morgan fingerprint density at radius 1 is 1.09 bits per heavy atom. The molecule has 4 rings (SSSR count). The lowest BCUT2D eigenvalue weighted by Crippen LogP contribution is -2.16. The molecule has 5 heteroatoms. The van der Waals surface area contributed by atoms with Gasteiger partial charge in [-0.05, 0) is 23.8 Å². The fourth-order valence-corrected chi connectivity index (χ4v) is 2.99. The zero-order chi connectivity index (χ0) is 15.1. The van der Waals surface area contributed by atoms with E-state index in [0.717, 1.165) is 16.8 Å². The molecule has 0 spiro atoms. The first-order valence-corrected chi connectivity index (χ1v) is 7.30. The van der Waals surface area contributed by atoms with Crippen LogP contribution < -0.4 is 5.32 Å². The predicted molar refractivity (Wildman–Crippen MR) is 85.3 cm³/mol. The Kier molecular flexibility index (Phi) is 2.98. The Morgan fingerprint density at radius 3 is 2.68 bits per heavy atom. The molecule has 1 aromatic heterocycles. The first-order chi connectivity index (χ1) is 10.7. The van der Waals surface area contributed by atoms with Crippen LogP contribution in [0.3, 0.4) is 0 Å². The highest BCUT2D eigenvalue weighted by Crippen LogP contribution is 2.35. The lowest BCUT2D eigenvalue weighted by Gasteiger charge is -2.20. The summed E-state index contributed by atoms with van der Waals surface area (Å²) in [6.45, 7) is 0. The number of benzene rings is 2. The van der Waals surface area contributed by atoms with Crippen molar-refractivity contribution in [3.05, 3.63) is 82.9 Å². The summed E-state index contributed by atoms with van der Waals surface area (Å²) in [4.78, 5) is 16.5. The molecule has 1 N–H and O–H groups in total. The minimum absolute atomic E-state index is 0.120. The minimum Gasteiger partial charge on any atom is -0.319 e. The first kappa shape index (κ1) is 13.1. The SMILES string of the molecule is O=C1Nc2ccccc2C(c2ccc(Cl)cc2)n2ccnc21. The largest absolute Gasteiger partial charge is 0.319 e. The molecule has 22 heavy (non-hydrogen) atoms. The number of imidazole rings is 1. The number of hydrogen-bond acceptors (Lipinski definition) is 2. The van der Waals surface area contributed by atoms with Gasteiger partial charge in [0.1, 0.15) is 0 Å². The maximum atomic E-state index is 12.3. The molecule has 0 fully saturated rings. The number of nitrogens with zero attached hydrogens (tertiary/aromatic N) is 2. The van der Waals surface area contributed by atoms with Crippen LogP contribution in [0.15, 0.2) is 60.9 Å². The quantitative estimate of drug-likeness (QED) is 0.744. The summed E-state index contributed by atoms with van der Waals surface area (Å²) in [5.41, 5.74) is 2.88. The molecule has 2 aromatic carbocycles. The van der Waals surface area contributed by atoms with E-state index in [1.165, 1.54) is 0 Å². The highest BCUT2D eigenvalue weighted by Gasteiger charge is 2.28. The van der Waals surface area contributed by atoms with E-state index in [9.17, 15) is 4.79 Å². The van der Waals surface area contributed by atoms with Crippen molar-refractivity contribution in [3.8, 4) is 0 Å². The molecule has 1 unspecified atom stereocenters. The molecule has 0 aliphatic carbocycles. The number of carbonyl (C=O) groups excluding carboxylic acids is 1. The lowest BCUT2D eigenvalue weighted by atomic mass is 9.97. The summed E-state index contributed by atoms with van der Waals surface area (Å²) >= 11 is 6.00. The third kappa shape index (κ3) is 2.00. The molecule has 2 heterocycles. The van der Waals surface area contributed by atoms with Gasteiger partial charge in [0.15, 0.2) is 5.82 Å². The molecule has 4 nitrogen and oxygen atoms in total. The van der Waals surface area contributed by atoms with Crippen LogP contribution in [-0.4, -0.2) is 15.5 Å². The van der Waals surface area contributed by atoms with Crippen LogP contribution in [-0.2, 0) is 0 Å². The summed E-state index contributed by atoms with van der Waals surface area (Å²) in [5, 5.41) is 3.61. The number of hydrogen-bond donors (Lipinski definition) is 1. The van der Waals surface area contributed by atoms with Gasteiger partial charge in [0, 0.05) is 28.7 Å². The average molecular weight is 310 g/mol. The average Bonchev–Trinajstić information content (AvgIpc) is 2.96. The number of anilines is 1. The van der Waals surface area contributed by atoms with Gasteiger partial charge in [0.05, 0.1) is 6.04 Å². The number of carbonyl (C=O) groups is 1. The maximum Gasteiger partial charge on any atom is 0.291 e. The highest BCUT2D eigenvalue weighted by atomic mass is 35.5. The smallest absolute Gasteiger partial charge is 0.291 e. The molecule has 0 radical (unpaired) electrons. The third-order valence-electron chi connectivity index (χ3n) is 3.84. The number of para-hydroxylation sites is 1. The predicted octanol–water partition coefficient (Wildman–Crippen LogP) is 3.74. The van der Waals surface area contributed by atoms with Crippen LogP contribution in [0, 0.1) is 0 Å². The molecule has 1 amide bonds. The zero-order valence-electron chi connectivity index (χ0n) is 11.5. The topological polar surface area (TPSA) is 46.9 Å². The van der Waals surface area contributed by atoms with Crippen LogP contribution >= 0.6 is 11.6 Å². The van der Waals surface area contributed by atoms with Crippen molar-refractivity contribution in [1.82, 2.24) is 9.55 Å². The summed E-state index contributed by atoms with van der Waals surface area (Å²) in [6.07, 6.45) is 3.47. The van der Waals surface area contributed by atoms with E-state index in [4.69, 9.17) is 11.6 Å². The Hall–Kier alpha value is -2.59. The van der Waals surface area contributed by atoms with Crippen molar-refractivity contribution < 1.29 is 4.79 Å². The standard InChI is InChI=1S/C17H12ClN3O/c18-12-7-5-11(6-8-12)15-13-3-1-2-4-14(13)20-17(22)16-19-9-10-21(15)16/h1-10,15H,(H,20,22). The summed E-state index contributed by atoms with van der Waals surface area (Å²) in [5.74, 6) is 0.199. The van der Waals surface area contributed by atoms with Gasteiger partial charge in [0.2, 0.25) is 0 Å². The van der Waals surface area contributed by atoms with Crippen LogP contribution in [0.1, 0.15) is 27.8 Å². The van der Waals surface area contributed by atoms with Gasteiger partial charge in [0.25, 0.3) is 5.91 Å². The van der Waals surface area contributed by atoms with Gasteiger partial charge < -0.3 is 9.88 Å². The second kappa shape index (κ2) is 5.00. The molecule has 3 aromatic rings. The van der Waals surface area contributed by atoms with E-state index >= 15 is 0 Å². The molecular weight excluding hydrogens is 298 g/mol. The number of fused-ring (bicyclic) bond motifs is 2. The molecule has 0 bridgehead atoms. The van der Waals surface area contributed by atoms with Gasteiger partial charge in [-0.25, -0.2) is 4.98 Å². The zero-order valence-corrected chi connectivity index (χ0v) is 12.3. The molecule has 1 aliphatic rings. The van der Waals surface area contributed by atoms with E-state index in [2.05, 4.69) is 10.3 Å². The van der Waals surface area contributed by atoms with Gasteiger partial charge in [-0.15, -0.1) is 0 Å². The monoisotopic (exact) mass is 309 g/mol. The van der Waals surface area contributed by atoms with Crippen molar-refractivity contribution >= 4 is 23.2 Å². The van der Waals surface area contributed by atoms with Crippen molar-refractivity contribution in [2.45, 2.75) is 6.04 Å². The second-order valence-electron chi connectivity index (χ2n) is 5.15. The first-order valence-electron chi connectivity index (χ1n) is 6.92. The van der Waals surface area contributed by atoms with Crippen LogP contribution in [0.2, 0.25) is 5.02 Å². The van der Waals surface area contributed by atoms with Gasteiger partial charge in [-0.2, -0.15) is 0 Å². The Balaban J connectivity index is 1.99. The van der Waals surface area contributed by atoms with E-state index < -0.39 is 0 Å². The van der Waals surface area contributed by atoms with Gasteiger partial charge >= 0.3 is 0 Å². The number of nitrogens with one attached hydrogen (secondary N) is 1. The Labute approximate surface area is 132 Å². The van der Waals surface area contributed by atoms with Crippen LogP contribution in [0.4, 0.5) is 5.69 Å². The normalized spacial score (nSPS) is 16.4. The minimum atomic E-state index is -0.200. The molecule has 0 saturated heterocycles. The molecule has 108 valence electrons. The summed E-state index contributed by atoms with van der Waals surface area (Å²) < 4.78 is 1.89. The molecule has 1 aliphatic heterocycles. The van der Waals surface area contributed by atoms with E-state index in [0.29, 0.717) is 10.8 Å². The fourth-order valence-electron chi connectivity index (χ4n) is 2.86. The van der Waals surface area contributed by atoms with E-state index in [1.807, 2.05) is 59.3 Å². The van der Waals surface area contributed by atoms with Crippen LogP contribution in [0.25, 0.3) is 0 Å². The molecule has 0 saturated carbocycles. The Morgan fingerprint density at radius 2 is 1.86 bits per heavy atom. The van der Waals surface area contributed by atoms with Crippen molar-refractivity contribution in [3.63, 3.8) is 0 Å². The van der Waals surface area contributed by atoms with Crippen molar-refractivity contribution in [2.24, 2.45) is 0 Å². The van der Waals surface area contributed by atoms with Crippen molar-refractivity contribution in [2.75, 3.05) is 5.32 Å². The highest BCUT2D eigenvalue weighted by molar-refractivity contribution is 6.30. The second-order valence-corrected chi connectivity index (χ2v) is 5.59. The molecular formula is C17H12ClN3O. The number of rotatable bonds is 1. The van der Waals surface area contributed by atoms with Crippen LogP contribution in [0.5, 0.6) is 0 Å².